The monoisotopic (exact) mass is 363 g/mol. The fourth-order valence-corrected chi connectivity index (χ4v) is 4.91. The highest BCUT2D eigenvalue weighted by Gasteiger charge is 2.43. The largest absolute Gasteiger partial charge is 0.431 e. The first-order chi connectivity index (χ1) is 12.8. The lowest BCUT2D eigenvalue weighted by Gasteiger charge is -2.36. The number of Topliss-reactive ketones (excluding diaryl/α,β-unsaturated/α-hetero) is 1. The van der Waals surface area contributed by atoms with E-state index in [0.29, 0.717) is 36.3 Å². The number of carbonyl (C=O) groups is 2. The van der Waals surface area contributed by atoms with E-state index in [2.05, 4.69) is 6.07 Å². The Morgan fingerprint density at radius 3 is 2.78 bits per heavy atom. The van der Waals surface area contributed by atoms with E-state index in [1.165, 1.54) is 5.56 Å². The van der Waals surface area contributed by atoms with Gasteiger partial charge in [0.2, 0.25) is 0 Å². The van der Waals surface area contributed by atoms with Crippen molar-refractivity contribution in [1.82, 2.24) is 4.57 Å². The summed E-state index contributed by atoms with van der Waals surface area (Å²) in [6.07, 6.45) is 1.84. The average molecular weight is 363 g/mol. The summed E-state index contributed by atoms with van der Waals surface area (Å²) in [4.78, 5) is 38.4. The molecule has 1 aromatic heterocycles. The molecular weight excluding hydrogens is 342 g/mol. The lowest BCUT2D eigenvalue weighted by Crippen LogP contribution is -2.36. The number of ketones is 1. The number of allylic oxidation sites excluding steroid dienone is 2. The number of para-hydroxylation sites is 1. The molecule has 0 spiro atoms. The first kappa shape index (κ1) is 16.5. The molecule has 3 heterocycles. The van der Waals surface area contributed by atoms with Crippen LogP contribution < -0.4 is 5.56 Å². The van der Waals surface area contributed by atoms with Crippen molar-refractivity contribution in [1.29, 1.82) is 0 Å². The number of hydrogen-bond acceptors (Lipinski definition) is 4. The van der Waals surface area contributed by atoms with Gasteiger partial charge < -0.3 is 9.30 Å². The van der Waals surface area contributed by atoms with E-state index < -0.39 is 5.92 Å². The molecule has 5 rings (SSSR count). The Kier molecular flexibility index (Phi) is 3.30. The Labute approximate surface area is 156 Å². The SMILES string of the molecule is CC1(C)CC(=O)C2=C(C1)OC(=O)CC2c1cc2cccc3c2n(c1=O)CC3. The van der Waals surface area contributed by atoms with Crippen LogP contribution in [0.1, 0.15) is 50.2 Å². The van der Waals surface area contributed by atoms with Crippen LogP contribution in [0.3, 0.4) is 0 Å². The number of aryl methyl sites for hydroxylation is 2. The van der Waals surface area contributed by atoms with Crippen LogP contribution in [-0.2, 0) is 27.3 Å². The molecule has 5 nitrogen and oxygen atoms in total. The third-order valence-corrected chi connectivity index (χ3v) is 6.04. The van der Waals surface area contributed by atoms with E-state index in [1.807, 2.05) is 32.0 Å². The van der Waals surface area contributed by atoms with Gasteiger partial charge in [-0.3, -0.25) is 14.4 Å². The fraction of sp³-hybridized carbons (Fsp3) is 0.409. The standard InChI is InChI=1S/C22H21NO4/c1-22(2)10-16(24)19-14(9-18(25)27-17(19)11-22)15-8-13-5-3-4-12-6-7-23(20(12)13)21(15)26/h3-5,8,14H,6-7,9-11H2,1-2H3. The summed E-state index contributed by atoms with van der Waals surface area (Å²) in [6.45, 7) is 4.64. The van der Waals surface area contributed by atoms with Gasteiger partial charge in [0.25, 0.3) is 5.56 Å². The number of aromatic nitrogens is 1. The predicted octanol–water partition coefficient (Wildman–Crippen LogP) is 3.23. The normalized spacial score (nSPS) is 23.6. The molecule has 2 aliphatic heterocycles. The first-order valence-electron chi connectivity index (χ1n) is 9.46. The van der Waals surface area contributed by atoms with E-state index in [9.17, 15) is 14.4 Å². The van der Waals surface area contributed by atoms with Crippen molar-refractivity contribution in [3.05, 3.63) is 57.1 Å². The van der Waals surface area contributed by atoms with Gasteiger partial charge in [0.05, 0.1) is 11.9 Å². The zero-order valence-electron chi connectivity index (χ0n) is 15.5. The topological polar surface area (TPSA) is 65.4 Å². The number of hydrogen-bond donors (Lipinski definition) is 0. The molecular formula is C22H21NO4. The molecule has 0 fully saturated rings. The summed E-state index contributed by atoms with van der Waals surface area (Å²) in [5, 5.41) is 0.990. The molecule has 27 heavy (non-hydrogen) atoms. The minimum atomic E-state index is -0.505. The Morgan fingerprint density at radius 2 is 1.96 bits per heavy atom. The summed E-state index contributed by atoms with van der Waals surface area (Å²) in [6, 6.07) is 7.92. The maximum absolute atomic E-state index is 13.2. The van der Waals surface area contributed by atoms with Crippen LogP contribution in [0.2, 0.25) is 0 Å². The average Bonchev–Trinajstić information content (AvgIpc) is 3.01. The highest BCUT2D eigenvalue weighted by molar-refractivity contribution is 6.01. The maximum Gasteiger partial charge on any atom is 0.311 e. The van der Waals surface area contributed by atoms with Crippen molar-refractivity contribution in [3.8, 4) is 0 Å². The molecule has 3 aliphatic rings. The van der Waals surface area contributed by atoms with Gasteiger partial charge in [-0.1, -0.05) is 32.0 Å². The Hall–Kier alpha value is -2.69. The third-order valence-electron chi connectivity index (χ3n) is 6.04. The number of rotatable bonds is 1. The molecule has 5 heteroatoms. The first-order valence-corrected chi connectivity index (χ1v) is 9.46. The van der Waals surface area contributed by atoms with E-state index in [4.69, 9.17) is 4.74 Å². The number of pyridine rings is 1. The number of carbonyl (C=O) groups excluding carboxylic acids is 2. The van der Waals surface area contributed by atoms with E-state index >= 15 is 0 Å². The zero-order chi connectivity index (χ0) is 18.9. The summed E-state index contributed by atoms with van der Waals surface area (Å²) in [7, 11) is 0. The third kappa shape index (κ3) is 2.41. The molecule has 0 saturated heterocycles. The molecule has 0 radical (unpaired) electrons. The molecule has 0 saturated carbocycles. The van der Waals surface area contributed by atoms with Gasteiger partial charge in [-0.2, -0.15) is 0 Å². The summed E-state index contributed by atoms with van der Waals surface area (Å²) >= 11 is 0. The van der Waals surface area contributed by atoms with Gasteiger partial charge >= 0.3 is 5.97 Å². The quantitative estimate of drug-likeness (QED) is 0.730. The van der Waals surface area contributed by atoms with Crippen molar-refractivity contribution < 1.29 is 14.3 Å². The Morgan fingerprint density at radius 1 is 1.15 bits per heavy atom. The van der Waals surface area contributed by atoms with Crippen LogP contribution in [0.25, 0.3) is 10.9 Å². The molecule has 0 amide bonds. The van der Waals surface area contributed by atoms with Gasteiger partial charge in [-0.25, -0.2) is 0 Å². The van der Waals surface area contributed by atoms with Crippen molar-refractivity contribution in [2.75, 3.05) is 0 Å². The molecule has 0 N–H and O–H groups in total. The Balaban J connectivity index is 1.73. The molecule has 1 aliphatic carbocycles. The molecule has 2 aromatic rings. The van der Waals surface area contributed by atoms with Crippen LogP contribution >= 0.6 is 0 Å². The second kappa shape index (κ2) is 5.41. The fourth-order valence-electron chi connectivity index (χ4n) is 4.91. The van der Waals surface area contributed by atoms with Crippen LogP contribution in [0, 0.1) is 5.41 Å². The van der Waals surface area contributed by atoms with Gasteiger partial charge in [-0.15, -0.1) is 0 Å². The van der Waals surface area contributed by atoms with E-state index in [-0.39, 0.29) is 29.1 Å². The number of ether oxygens (including phenoxy) is 1. The Bertz CT molecular complexity index is 1120. The second-order valence-electron chi connectivity index (χ2n) is 8.67. The van der Waals surface area contributed by atoms with Crippen molar-refractivity contribution in [2.24, 2.45) is 5.41 Å². The van der Waals surface area contributed by atoms with E-state index in [1.54, 1.807) is 4.57 Å². The van der Waals surface area contributed by atoms with E-state index in [0.717, 1.165) is 17.3 Å². The molecule has 1 atom stereocenters. The van der Waals surface area contributed by atoms with Gasteiger partial charge in [0.15, 0.2) is 5.78 Å². The summed E-state index contributed by atoms with van der Waals surface area (Å²) in [5.74, 6) is -0.408. The molecule has 1 aromatic carbocycles. The number of esters is 1. The van der Waals surface area contributed by atoms with Crippen molar-refractivity contribution >= 4 is 22.7 Å². The van der Waals surface area contributed by atoms with Crippen LogP contribution in [0.15, 0.2) is 40.4 Å². The molecule has 0 bridgehead atoms. The second-order valence-corrected chi connectivity index (χ2v) is 8.67. The summed E-state index contributed by atoms with van der Waals surface area (Å²) in [5.41, 5.74) is 2.91. The van der Waals surface area contributed by atoms with Crippen LogP contribution in [0.4, 0.5) is 0 Å². The highest BCUT2D eigenvalue weighted by atomic mass is 16.5. The maximum atomic E-state index is 13.2. The minimum absolute atomic E-state index is 0.00609. The predicted molar refractivity (Wildman–Crippen MR) is 100 cm³/mol. The summed E-state index contributed by atoms with van der Waals surface area (Å²) < 4.78 is 7.26. The van der Waals surface area contributed by atoms with Crippen LogP contribution in [0.5, 0.6) is 0 Å². The smallest absolute Gasteiger partial charge is 0.311 e. The van der Waals surface area contributed by atoms with Gasteiger partial charge in [-0.05, 0) is 28.9 Å². The van der Waals surface area contributed by atoms with Gasteiger partial charge in [0, 0.05) is 36.4 Å². The van der Waals surface area contributed by atoms with Crippen molar-refractivity contribution in [3.63, 3.8) is 0 Å². The van der Waals surface area contributed by atoms with Crippen molar-refractivity contribution in [2.45, 2.75) is 52.0 Å². The van der Waals surface area contributed by atoms with Crippen LogP contribution in [-0.4, -0.2) is 16.3 Å². The lowest BCUT2D eigenvalue weighted by atomic mass is 9.71. The number of benzene rings is 1. The van der Waals surface area contributed by atoms with Gasteiger partial charge in [0.1, 0.15) is 5.76 Å². The zero-order valence-corrected chi connectivity index (χ0v) is 15.5. The minimum Gasteiger partial charge on any atom is -0.431 e. The number of nitrogens with zero attached hydrogens (tertiary/aromatic N) is 1. The molecule has 1 unspecified atom stereocenters. The molecule has 138 valence electrons. The lowest BCUT2D eigenvalue weighted by molar-refractivity contribution is -0.142. The highest BCUT2D eigenvalue weighted by Crippen LogP contribution is 2.45.